The molecule has 0 aromatic rings. The zero-order valence-corrected chi connectivity index (χ0v) is 7.91. The minimum atomic E-state index is -0.204. The summed E-state index contributed by atoms with van der Waals surface area (Å²) >= 11 is 0. The molecule has 2 nitrogen and oxygen atoms in total. The van der Waals surface area contributed by atoms with Crippen LogP contribution in [0.3, 0.4) is 0 Å². The minimum Gasteiger partial charge on any atom is -0.392 e. The lowest BCUT2D eigenvalue weighted by molar-refractivity contribution is -0.0408. The van der Waals surface area contributed by atoms with Gasteiger partial charge in [-0.25, -0.2) is 0 Å². The van der Waals surface area contributed by atoms with Gasteiger partial charge in [-0.15, -0.1) is 0 Å². The van der Waals surface area contributed by atoms with Crippen molar-refractivity contribution in [3.05, 3.63) is 0 Å². The number of likely N-dealkylation sites (tertiary alicyclic amines) is 1. The van der Waals surface area contributed by atoms with Crippen LogP contribution in [-0.4, -0.2) is 34.7 Å². The number of aliphatic hydroxyl groups is 1. The first kappa shape index (κ1) is 9.01. The van der Waals surface area contributed by atoms with Crippen molar-refractivity contribution in [1.82, 2.24) is 4.90 Å². The summed E-state index contributed by atoms with van der Waals surface area (Å²) in [6, 6.07) is 0.973. The van der Waals surface area contributed by atoms with Crippen molar-refractivity contribution in [2.45, 2.75) is 45.9 Å². The molecule has 0 spiro atoms. The van der Waals surface area contributed by atoms with Crippen LogP contribution in [0.4, 0.5) is 0 Å². The summed E-state index contributed by atoms with van der Waals surface area (Å²) in [5.74, 6) is 0.802. The fourth-order valence-corrected chi connectivity index (χ4v) is 1.65. The first-order valence-corrected chi connectivity index (χ1v) is 4.48. The normalized spacial score (nSPS) is 37.9. The van der Waals surface area contributed by atoms with Crippen LogP contribution in [0.5, 0.6) is 0 Å². The van der Waals surface area contributed by atoms with Gasteiger partial charge >= 0.3 is 0 Å². The molecule has 1 aliphatic rings. The molecule has 1 saturated heterocycles. The molecule has 0 bridgehead atoms. The van der Waals surface area contributed by atoms with E-state index in [1.54, 1.807) is 0 Å². The Balaban J connectivity index is 2.39. The van der Waals surface area contributed by atoms with Gasteiger partial charge in [0.25, 0.3) is 0 Å². The molecule has 4 atom stereocenters. The third kappa shape index (κ3) is 1.57. The van der Waals surface area contributed by atoms with Crippen molar-refractivity contribution in [3.63, 3.8) is 0 Å². The molecule has 66 valence electrons. The summed E-state index contributed by atoms with van der Waals surface area (Å²) < 4.78 is 0. The smallest absolute Gasteiger partial charge is 0.0664 e. The van der Waals surface area contributed by atoms with E-state index in [1.165, 1.54) is 0 Å². The molecular formula is C9H19NO. The van der Waals surface area contributed by atoms with Gasteiger partial charge in [0.1, 0.15) is 0 Å². The second kappa shape index (κ2) is 3.11. The van der Waals surface area contributed by atoms with Crippen LogP contribution in [0.1, 0.15) is 27.7 Å². The Morgan fingerprint density at radius 1 is 1.36 bits per heavy atom. The molecule has 1 N–H and O–H groups in total. The van der Waals surface area contributed by atoms with E-state index in [2.05, 4.69) is 25.7 Å². The van der Waals surface area contributed by atoms with E-state index in [0.29, 0.717) is 12.1 Å². The van der Waals surface area contributed by atoms with Crippen LogP contribution in [-0.2, 0) is 0 Å². The van der Waals surface area contributed by atoms with Gasteiger partial charge in [0.15, 0.2) is 0 Å². The van der Waals surface area contributed by atoms with Crippen molar-refractivity contribution in [1.29, 1.82) is 0 Å². The average Bonchev–Trinajstić information content (AvgIpc) is 1.98. The Hall–Kier alpha value is -0.0800. The number of hydrogen-bond donors (Lipinski definition) is 1. The molecule has 0 saturated carbocycles. The van der Waals surface area contributed by atoms with Gasteiger partial charge in [-0.05, 0) is 26.7 Å². The zero-order valence-electron chi connectivity index (χ0n) is 7.91. The van der Waals surface area contributed by atoms with Gasteiger partial charge in [-0.1, -0.05) is 6.92 Å². The van der Waals surface area contributed by atoms with Crippen molar-refractivity contribution in [2.24, 2.45) is 5.92 Å². The highest BCUT2D eigenvalue weighted by Gasteiger charge is 2.36. The predicted molar refractivity (Wildman–Crippen MR) is 46.5 cm³/mol. The first-order valence-electron chi connectivity index (χ1n) is 4.48. The molecule has 0 radical (unpaired) electrons. The Bertz CT molecular complexity index is 136. The molecule has 11 heavy (non-hydrogen) atoms. The third-order valence-corrected chi connectivity index (χ3v) is 3.07. The number of hydrogen-bond acceptors (Lipinski definition) is 2. The minimum absolute atomic E-state index is 0.204. The fraction of sp³-hybridized carbons (Fsp3) is 1.00. The van der Waals surface area contributed by atoms with E-state index in [0.717, 1.165) is 12.5 Å². The summed E-state index contributed by atoms with van der Waals surface area (Å²) in [7, 11) is 0. The summed E-state index contributed by atoms with van der Waals surface area (Å²) in [6.45, 7) is 9.59. The summed E-state index contributed by atoms with van der Waals surface area (Å²) in [4.78, 5) is 2.36. The van der Waals surface area contributed by atoms with Crippen LogP contribution in [0, 0.1) is 5.92 Å². The van der Waals surface area contributed by atoms with Crippen molar-refractivity contribution < 1.29 is 5.11 Å². The van der Waals surface area contributed by atoms with Crippen LogP contribution >= 0.6 is 0 Å². The maximum atomic E-state index is 9.32. The topological polar surface area (TPSA) is 23.5 Å². The van der Waals surface area contributed by atoms with Crippen molar-refractivity contribution in [2.75, 3.05) is 6.54 Å². The highest BCUT2D eigenvalue weighted by atomic mass is 16.3. The van der Waals surface area contributed by atoms with E-state index in [4.69, 9.17) is 0 Å². The molecule has 1 heterocycles. The Labute approximate surface area is 69.2 Å². The predicted octanol–water partition coefficient (Wildman–Crippen LogP) is 1.10. The van der Waals surface area contributed by atoms with Crippen LogP contribution in [0.25, 0.3) is 0 Å². The van der Waals surface area contributed by atoms with Gasteiger partial charge in [0, 0.05) is 18.6 Å². The van der Waals surface area contributed by atoms with Crippen molar-refractivity contribution >= 4 is 0 Å². The molecule has 1 fully saturated rings. The lowest BCUT2D eigenvalue weighted by atomic mass is 9.89. The average molecular weight is 157 g/mol. The third-order valence-electron chi connectivity index (χ3n) is 3.07. The standard InChI is InChI=1S/C9H19NO/c1-6-5-10(7(6)2)8(3)9(4)11/h6-9,11H,5H2,1-4H3. The monoisotopic (exact) mass is 157 g/mol. The largest absolute Gasteiger partial charge is 0.392 e. The van der Waals surface area contributed by atoms with Crippen LogP contribution in [0.15, 0.2) is 0 Å². The Kier molecular flexibility index (Phi) is 2.55. The molecule has 0 aliphatic carbocycles. The Morgan fingerprint density at radius 3 is 2.18 bits per heavy atom. The number of nitrogens with zero attached hydrogens (tertiary/aromatic N) is 1. The Morgan fingerprint density at radius 2 is 1.91 bits per heavy atom. The number of rotatable bonds is 2. The number of aliphatic hydroxyl groups excluding tert-OH is 1. The van der Waals surface area contributed by atoms with Crippen LogP contribution in [0.2, 0.25) is 0 Å². The van der Waals surface area contributed by atoms with Gasteiger partial charge in [-0.2, -0.15) is 0 Å². The van der Waals surface area contributed by atoms with Gasteiger partial charge < -0.3 is 5.11 Å². The zero-order chi connectivity index (χ0) is 8.59. The molecule has 4 unspecified atom stereocenters. The molecule has 0 amide bonds. The molecular weight excluding hydrogens is 138 g/mol. The first-order chi connectivity index (χ1) is 5.04. The summed E-state index contributed by atoms with van der Waals surface area (Å²) in [5, 5.41) is 9.32. The second-order valence-electron chi connectivity index (χ2n) is 3.90. The van der Waals surface area contributed by atoms with Crippen molar-refractivity contribution in [3.8, 4) is 0 Å². The molecule has 1 aliphatic heterocycles. The van der Waals surface area contributed by atoms with Gasteiger partial charge in [0.05, 0.1) is 6.10 Å². The molecule has 1 rings (SSSR count). The molecule has 0 aromatic heterocycles. The quantitative estimate of drug-likeness (QED) is 0.648. The lowest BCUT2D eigenvalue weighted by Crippen LogP contribution is -2.59. The van der Waals surface area contributed by atoms with Gasteiger partial charge in [0.2, 0.25) is 0 Å². The second-order valence-corrected chi connectivity index (χ2v) is 3.90. The van der Waals surface area contributed by atoms with E-state index in [1.807, 2.05) is 6.92 Å². The highest BCUT2D eigenvalue weighted by Crippen LogP contribution is 2.26. The van der Waals surface area contributed by atoms with E-state index in [-0.39, 0.29) is 6.10 Å². The van der Waals surface area contributed by atoms with Gasteiger partial charge in [-0.3, -0.25) is 4.90 Å². The van der Waals surface area contributed by atoms with Crippen LogP contribution < -0.4 is 0 Å². The van der Waals surface area contributed by atoms with E-state index >= 15 is 0 Å². The molecule has 2 heteroatoms. The molecule has 0 aromatic carbocycles. The maximum absolute atomic E-state index is 9.32. The van der Waals surface area contributed by atoms with E-state index in [9.17, 15) is 5.11 Å². The SMILES string of the molecule is CC(O)C(C)N1CC(C)C1C. The van der Waals surface area contributed by atoms with E-state index < -0.39 is 0 Å². The fourth-order valence-electron chi connectivity index (χ4n) is 1.65. The maximum Gasteiger partial charge on any atom is 0.0664 e. The summed E-state index contributed by atoms with van der Waals surface area (Å²) in [6.07, 6.45) is -0.204. The lowest BCUT2D eigenvalue weighted by Gasteiger charge is -2.49. The highest BCUT2D eigenvalue weighted by molar-refractivity contribution is 4.90. The summed E-state index contributed by atoms with van der Waals surface area (Å²) in [5.41, 5.74) is 0.